The molecule has 0 saturated heterocycles. The summed E-state index contributed by atoms with van der Waals surface area (Å²) in [5.74, 6) is 0.545. The van der Waals surface area contributed by atoms with E-state index >= 15 is 0 Å². The van der Waals surface area contributed by atoms with Gasteiger partial charge in [0.25, 0.3) is 5.91 Å². The van der Waals surface area contributed by atoms with E-state index in [0.717, 1.165) is 11.4 Å². The van der Waals surface area contributed by atoms with Crippen LogP contribution in [0.3, 0.4) is 0 Å². The molecule has 0 spiro atoms. The van der Waals surface area contributed by atoms with Gasteiger partial charge in [0.2, 0.25) is 5.13 Å². The lowest BCUT2D eigenvalue weighted by molar-refractivity contribution is 0.102. The van der Waals surface area contributed by atoms with Crippen LogP contribution in [0, 0.1) is 12.8 Å². The Bertz CT molecular complexity index is 904. The zero-order chi connectivity index (χ0) is 18.0. The van der Waals surface area contributed by atoms with Gasteiger partial charge >= 0.3 is 0 Å². The highest BCUT2D eigenvalue weighted by Gasteiger charge is 2.24. The van der Waals surface area contributed by atoms with Gasteiger partial charge in [-0.15, -0.1) is 10.2 Å². The third kappa shape index (κ3) is 3.88. The number of halogens is 1. The van der Waals surface area contributed by atoms with Crippen LogP contribution in [0.25, 0.3) is 11.3 Å². The number of hydrogen-bond acceptors (Lipinski definition) is 6. The van der Waals surface area contributed by atoms with Crippen LogP contribution >= 0.6 is 22.9 Å². The molecular weight excluding hydrogens is 360 g/mol. The van der Waals surface area contributed by atoms with E-state index in [1.54, 1.807) is 19.1 Å². The molecule has 2 heterocycles. The quantitative estimate of drug-likeness (QED) is 0.703. The predicted molar refractivity (Wildman–Crippen MR) is 98.1 cm³/mol. The molecule has 1 amide bonds. The number of rotatable bonds is 5. The van der Waals surface area contributed by atoms with Crippen LogP contribution in [0.5, 0.6) is 0 Å². The van der Waals surface area contributed by atoms with Crippen LogP contribution < -0.4 is 5.32 Å². The van der Waals surface area contributed by atoms with Gasteiger partial charge in [0.1, 0.15) is 22.0 Å². The Morgan fingerprint density at radius 2 is 2.08 bits per heavy atom. The molecule has 0 fully saturated rings. The minimum Gasteiger partial charge on any atom is -0.360 e. The fourth-order valence-corrected chi connectivity index (χ4v) is 3.54. The maximum atomic E-state index is 12.7. The zero-order valence-corrected chi connectivity index (χ0v) is 15.6. The van der Waals surface area contributed by atoms with Crippen molar-refractivity contribution in [1.82, 2.24) is 15.4 Å². The van der Waals surface area contributed by atoms with Gasteiger partial charge < -0.3 is 4.52 Å². The zero-order valence-electron chi connectivity index (χ0n) is 14.0. The van der Waals surface area contributed by atoms with Gasteiger partial charge in [-0.3, -0.25) is 10.1 Å². The van der Waals surface area contributed by atoms with Crippen molar-refractivity contribution in [3.05, 3.63) is 45.6 Å². The standard InChI is InChI=1S/C17H17ClN4O2S/c1-9(2)8-13-20-21-17(25-13)19-16(23)14-10(3)24-22-15(14)11-6-4-5-7-12(11)18/h4-7,9H,8H2,1-3H3,(H,19,21,23). The van der Waals surface area contributed by atoms with Crippen molar-refractivity contribution < 1.29 is 9.32 Å². The molecule has 0 atom stereocenters. The first-order valence-corrected chi connectivity index (χ1v) is 9.00. The summed E-state index contributed by atoms with van der Waals surface area (Å²) in [6.45, 7) is 5.90. The maximum absolute atomic E-state index is 12.7. The molecule has 8 heteroatoms. The summed E-state index contributed by atoms with van der Waals surface area (Å²) < 4.78 is 5.22. The van der Waals surface area contributed by atoms with E-state index in [1.165, 1.54) is 11.3 Å². The van der Waals surface area contributed by atoms with Crippen molar-refractivity contribution in [2.75, 3.05) is 5.32 Å². The molecule has 3 aromatic rings. The minimum absolute atomic E-state index is 0.341. The molecule has 1 aromatic carbocycles. The number of aromatic nitrogens is 3. The molecule has 130 valence electrons. The lowest BCUT2D eigenvalue weighted by Crippen LogP contribution is -2.13. The number of benzene rings is 1. The van der Waals surface area contributed by atoms with Crippen LogP contribution in [0.4, 0.5) is 5.13 Å². The summed E-state index contributed by atoms with van der Waals surface area (Å²) in [5, 5.41) is 16.7. The van der Waals surface area contributed by atoms with Crippen molar-refractivity contribution in [2.24, 2.45) is 5.92 Å². The van der Waals surface area contributed by atoms with E-state index in [9.17, 15) is 4.79 Å². The minimum atomic E-state index is -0.346. The highest BCUT2D eigenvalue weighted by atomic mass is 35.5. The lowest BCUT2D eigenvalue weighted by Gasteiger charge is -2.04. The van der Waals surface area contributed by atoms with Gasteiger partial charge in [-0.05, 0) is 18.9 Å². The predicted octanol–water partition coefficient (Wildman–Crippen LogP) is 4.61. The number of hydrogen-bond donors (Lipinski definition) is 1. The molecule has 0 bridgehead atoms. The van der Waals surface area contributed by atoms with Crippen LogP contribution in [0.15, 0.2) is 28.8 Å². The summed E-state index contributed by atoms with van der Waals surface area (Å²) >= 11 is 7.59. The second-order valence-electron chi connectivity index (χ2n) is 6.00. The van der Waals surface area contributed by atoms with Gasteiger partial charge in [0, 0.05) is 12.0 Å². The third-order valence-electron chi connectivity index (χ3n) is 3.49. The first kappa shape index (κ1) is 17.6. The molecule has 0 aliphatic heterocycles. The summed E-state index contributed by atoms with van der Waals surface area (Å²) in [7, 11) is 0. The van der Waals surface area contributed by atoms with Gasteiger partial charge in [-0.1, -0.05) is 60.1 Å². The molecule has 3 rings (SSSR count). The number of carbonyl (C=O) groups is 1. The Labute approximate surface area is 154 Å². The topological polar surface area (TPSA) is 80.9 Å². The number of nitrogens with zero attached hydrogens (tertiary/aromatic N) is 3. The molecular formula is C17H17ClN4O2S. The Balaban J connectivity index is 1.87. The Hall–Kier alpha value is -2.25. The van der Waals surface area contributed by atoms with Crippen molar-refractivity contribution in [2.45, 2.75) is 27.2 Å². The second-order valence-corrected chi connectivity index (χ2v) is 7.46. The maximum Gasteiger partial charge on any atom is 0.263 e. The van der Waals surface area contributed by atoms with Crippen molar-refractivity contribution >= 4 is 34.0 Å². The Morgan fingerprint density at radius 1 is 1.32 bits per heavy atom. The monoisotopic (exact) mass is 376 g/mol. The first-order valence-electron chi connectivity index (χ1n) is 7.80. The number of aryl methyl sites for hydroxylation is 1. The fourth-order valence-electron chi connectivity index (χ4n) is 2.37. The van der Waals surface area contributed by atoms with E-state index < -0.39 is 0 Å². The van der Waals surface area contributed by atoms with E-state index in [0.29, 0.717) is 38.7 Å². The third-order valence-corrected chi connectivity index (χ3v) is 4.68. The molecule has 0 saturated carbocycles. The molecule has 25 heavy (non-hydrogen) atoms. The average molecular weight is 377 g/mol. The average Bonchev–Trinajstić information content (AvgIpc) is 3.13. The molecule has 0 aliphatic rings. The van der Waals surface area contributed by atoms with Crippen molar-refractivity contribution in [3.8, 4) is 11.3 Å². The SMILES string of the molecule is Cc1onc(-c2ccccc2Cl)c1C(=O)Nc1nnc(CC(C)C)s1. The number of carbonyl (C=O) groups excluding carboxylic acids is 1. The van der Waals surface area contributed by atoms with Gasteiger partial charge in [0.15, 0.2) is 0 Å². The smallest absolute Gasteiger partial charge is 0.263 e. The first-order chi connectivity index (χ1) is 12.0. The van der Waals surface area contributed by atoms with E-state index in [1.807, 2.05) is 12.1 Å². The van der Waals surface area contributed by atoms with Gasteiger partial charge in [0.05, 0.1) is 5.02 Å². The Morgan fingerprint density at radius 3 is 2.80 bits per heavy atom. The number of anilines is 1. The summed E-state index contributed by atoms with van der Waals surface area (Å²) in [6.07, 6.45) is 0.824. The van der Waals surface area contributed by atoms with Crippen LogP contribution in [-0.2, 0) is 6.42 Å². The molecule has 6 nitrogen and oxygen atoms in total. The molecule has 0 aliphatic carbocycles. The highest BCUT2D eigenvalue weighted by molar-refractivity contribution is 7.15. The normalized spacial score (nSPS) is 11.1. The lowest BCUT2D eigenvalue weighted by atomic mass is 10.1. The fraction of sp³-hybridized carbons (Fsp3) is 0.294. The number of nitrogens with one attached hydrogen (secondary N) is 1. The summed E-state index contributed by atoms with van der Waals surface area (Å²) in [6, 6.07) is 7.18. The molecule has 0 unspecified atom stereocenters. The number of amides is 1. The summed E-state index contributed by atoms with van der Waals surface area (Å²) in [5.41, 5.74) is 1.39. The highest BCUT2D eigenvalue weighted by Crippen LogP contribution is 2.31. The van der Waals surface area contributed by atoms with Crippen molar-refractivity contribution in [3.63, 3.8) is 0 Å². The molecule has 2 aromatic heterocycles. The van der Waals surface area contributed by atoms with Crippen LogP contribution in [0.2, 0.25) is 5.02 Å². The van der Waals surface area contributed by atoms with E-state index in [4.69, 9.17) is 16.1 Å². The molecule has 1 N–H and O–H groups in total. The van der Waals surface area contributed by atoms with Gasteiger partial charge in [-0.2, -0.15) is 0 Å². The van der Waals surface area contributed by atoms with Gasteiger partial charge in [-0.25, -0.2) is 0 Å². The van der Waals surface area contributed by atoms with Crippen LogP contribution in [-0.4, -0.2) is 21.3 Å². The molecule has 0 radical (unpaired) electrons. The van der Waals surface area contributed by atoms with Crippen LogP contribution in [0.1, 0.15) is 35.0 Å². The van der Waals surface area contributed by atoms with Crippen molar-refractivity contribution in [1.29, 1.82) is 0 Å². The largest absolute Gasteiger partial charge is 0.360 e. The Kier molecular flexibility index (Phi) is 5.15. The second kappa shape index (κ2) is 7.33. The summed E-state index contributed by atoms with van der Waals surface area (Å²) in [4.78, 5) is 12.7. The van der Waals surface area contributed by atoms with E-state index in [2.05, 4.69) is 34.5 Å². The van der Waals surface area contributed by atoms with E-state index in [-0.39, 0.29) is 5.91 Å².